The molecule has 3 aliphatic rings. The summed E-state index contributed by atoms with van der Waals surface area (Å²) in [5.41, 5.74) is 1.99. The molecule has 0 unspecified atom stereocenters. The van der Waals surface area contributed by atoms with Gasteiger partial charge in [0, 0.05) is 50.5 Å². The van der Waals surface area contributed by atoms with Crippen LogP contribution in [0.25, 0.3) is 0 Å². The summed E-state index contributed by atoms with van der Waals surface area (Å²) in [6.07, 6.45) is 6.41. The van der Waals surface area contributed by atoms with Crippen molar-refractivity contribution >= 4 is 28.3 Å². The predicted molar refractivity (Wildman–Crippen MR) is 123 cm³/mol. The molecule has 9 heteroatoms. The van der Waals surface area contributed by atoms with Crippen molar-refractivity contribution in [3.05, 3.63) is 23.5 Å². The molecule has 0 saturated carbocycles. The normalized spacial score (nSPS) is 23.6. The van der Waals surface area contributed by atoms with E-state index in [-0.39, 0.29) is 5.54 Å². The lowest BCUT2D eigenvalue weighted by molar-refractivity contribution is -0.0249. The molecule has 164 valence electrons. The minimum atomic E-state index is -0.0575. The van der Waals surface area contributed by atoms with Gasteiger partial charge in [0.2, 0.25) is 5.95 Å². The van der Waals surface area contributed by atoms with E-state index < -0.39 is 0 Å². The van der Waals surface area contributed by atoms with Gasteiger partial charge in [-0.1, -0.05) is 6.42 Å². The van der Waals surface area contributed by atoms with Gasteiger partial charge in [0.15, 0.2) is 0 Å². The number of piperidine rings is 1. The zero-order valence-electron chi connectivity index (χ0n) is 18.3. The van der Waals surface area contributed by atoms with Gasteiger partial charge in [-0.25, -0.2) is 4.98 Å². The fourth-order valence-corrected chi connectivity index (χ4v) is 5.97. The fourth-order valence-electron chi connectivity index (χ4n) is 5.32. The standard InChI is InChI=1S/C22H30N8S/c1-16-12-24-21(25-19-11-17(2)27-31-19)26-20(16)29-14-22(15-29,6-7-23)30-10-9-28-8-4-3-5-18(28)13-30/h11-12,18H,3-6,8-10,13-15H2,1-2H3,(H,24,25,26)/t18-/m0/s1. The van der Waals surface area contributed by atoms with Crippen LogP contribution in [0.1, 0.15) is 36.9 Å². The van der Waals surface area contributed by atoms with Crippen LogP contribution in [0.15, 0.2) is 12.3 Å². The highest BCUT2D eigenvalue weighted by atomic mass is 32.1. The molecule has 3 aliphatic heterocycles. The molecule has 8 nitrogen and oxygen atoms in total. The lowest BCUT2D eigenvalue weighted by Gasteiger charge is -2.59. The first-order chi connectivity index (χ1) is 15.1. The average molecular weight is 439 g/mol. The summed E-state index contributed by atoms with van der Waals surface area (Å²) in [5, 5.41) is 13.8. The quantitative estimate of drug-likeness (QED) is 0.763. The third kappa shape index (κ3) is 4.00. The number of nitriles is 1. The minimum Gasteiger partial charge on any atom is -0.352 e. The van der Waals surface area contributed by atoms with Gasteiger partial charge in [-0.2, -0.15) is 14.6 Å². The summed E-state index contributed by atoms with van der Waals surface area (Å²) >= 11 is 1.42. The lowest BCUT2D eigenvalue weighted by Crippen LogP contribution is -2.74. The van der Waals surface area contributed by atoms with Crippen molar-refractivity contribution in [3.63, 3.8) is 0 Å². The number of piperazine rings is 1. The molecule has 5 rings (SSSR count). The second-order valence-electron chi connectivity index (χ2n) is 9.20. The Morgan fingerprint density at radius 1 is 1.26 bits per heavy atom. The van der Waals surface area contributed by atoms with Gasteiger partial charge in [-0.3, -0.25) is 9.80 Å². The highest BCUT2D eigenvalue weighted by molar-refractivity contribution is 7.10. The molecule has 0 amide bonds. The van der Waals surface area contributed by atoms with E-state index in [0.717, 1.165) is 54.8 Å². The number of hydrogen-bond donors (Lipinski definition) is 1. The van der Waals surface area contributed by atoms with Crippen LogP contribution in [0.4, 0.5) is 16.8 Å². The molecule has 1 atom stereocenters. The van der Waals surface area contributed by atoms with Gasteiger partial charge in [0.05, 0.1) is 23.7 Å². The van der Waals surface area contributed by atoms with Crippen LogP contribution in [0.2, 0.25) is 0 Å². The zero-order valence-corrected chi connectivity index (χ0v) is 19.2. The maximum absolute atomic E-state index is 9.61. The SMILES string of the molecule is Cc1cc(Nc2ncc(C)c(N3CC(CC#N)(N4CCN5CCCC[C@H]5C4)C3)n2)sn1. The molecule has 0 aromatic carbocycles. The van der Waals surface area contributed by atoms with Crippen molar-refractivity contribution in [2.45, 2.75) is 51.1 Å². The minimum absolute atomic E-state index is 0.0575. The third-order valence-corrected chi connectivity index (χ3v) is 7.79. The van der Waals surface area contributed by atoms with E-state index in [1.54, 1.807) is 0 Å². The van der Waals surface area contributed by atoms with Crippen LogP contribution in [0.3, 0.4) is 0 Å². The third-order valence-electron chi connectivity index (χ3n) is 6.99. The Morgan fingerprint density at radius 3 is 2.90 bits per heavy atom. The molecule has 2 aromatic heterocycles. The highest BCUT2D eigenvalue weighted by Crippen LogP contribution is 2.38. The Bertz CT molecular complexity index is 976. The number of fused-ring (bicyclic) bond motifs is 1. The van der Waals surface area contributed by atoms with Crippen molar-refractivity contribution in [3.8, 4) is 6.07 Å². The fraction of sp³-hybridized carbons (Fsp3) is 0.636. The van der Waals surface area contributed by atoms with Gasteiger partial charge in [-0.15, -0.1) is 0 Å². The molecule has 0 radical (unpaired) electrons. The summed E-state index contributed by atoms with van der Waals surface area (Å²) < 4.78 is 4.31. The van der Waals surface area contributed by atoms with Gasteiger partial charge >= 0.3 is 0 Å². The Kier molecular flexibility index (Phi) is 5.54. The Morgan fingerprint density at radius 2 is 2.13 bits per heavy atom. The smallest absolute Gasteiger partial charge is 0.229 e. The van der Waals surface area contributed by atoms with Crippen LogP contribution in [0, 0.1) is 25.2 Å². The number of rotatable bonds is 5. The molecule has 3 fully saturated rings. The molecule has 2 aromatic rings. The highest BCUT2D eigenvalue weighted by Gasteiger charge is 2.50. The van der Waals surface area contributed by atoms with Gasteiger partial charge in [-0.05, 0) is 50.8 Å². The summed E-state index contributed by atoms with van der Waals surface area (Å²) in [6.45, 7) is 10.3. The average Bonchev–Trinajstić information content (AvgIpc) is 3.16. The summed E-state index contributed by atoms with van der Waals surface area (Å²) in [4.78, 5) is 16.8. The van der Waals surface area contributed by atoms with E-state index >= 15 is 0 Å². The van der Waals surface area contributed by atoms with Crippen LogP contribution in [0.5, 0.6) is 0 Å². The van der Waals surface area contributed by atoms with Crippen molar-refractivity contribution in [1.82, 2.24) is 24.1 Å². The Hall–Kier alpha value is -2.28. The Labute approximate surface area is 188 Å². The molecular formula is C22H30N8S. The zero-order chi connectivity index (χ0) is 21.4. The van der Waals surface area contributed by atoms with E-state index in [4.69, 9.17) is 4.98 Å². The molecule has 1 N–H and O–H groups in total. The molecule has 0 spiro atoms. The van der Waals surface area contributed by atoms with E-state index in [0.29, 0.717) is 18.4 Å². The number of anilines is 3. The second kappa shape index (κ2) is 8.34. The predicted octanol–water partition coefficient (Wildman–Crippen LogP) is 2.94. The molecular weight excluding hydrogens is 408 g/mol. The second-order valence-corrected chi connectivity index (χ2v) is 10.0. The van der Waals surface area contributed by atoms with Crippen LogP contribution in [-0.4, -0.2) is 75.0 Å². The van der Waals surface area contributed by atoms with Gasteiger partial charge < -0.3 is 10.2 Å². The lowest BCUT2D eigenvalue weighted by atomic mass is 9.82. The molecule has 31 heavy (non-hydrogen) atoms. The maximum atomic E-state index is 9.61. The number of nitrogens with zero attached hydrogens (tertiary/aromatic N) is 7. The molecule has 3 saturated heterocycles. The van der Waals surface area contributed by atoms with Gasteiger partial charge in [0.1, 0.15) is 10.8 Å². The number of aromatic nitrogens is 3. The maximum Gasteiger partial charge on any atom is 0.229 e. The van der Waals surface area contributed by atoms with Crippen molar-refractivity contribution < 1.29 is 0 Å². The molecule has 0 aliphatic carbocycles. The van der Waals surface area contributed by atoms with Crippen LogP contribution in [-0.2, 0) is 0 Å². The first kappa shape index (κ1) is 20.6. The number of nitrogens with one attached hydrogen (secondary N) is 1. The van der Waals surface area contributed by atoms with Crippen molar-refractivity contribution in [1.29, 1.82) is 5.26 Å². The van der Waals surface area contributed by atoms with E-state index in [9.17, 15) is 5.26 Å². The Balaban J connectivity index is 1.30. The summed E-state index contributed by atoms with van der Waals surface area (Å²) in [6, 6.07) is 5.14. The van der Waals surface area contributed by atoms with Crippen LogP contribution < -0.4 is 10.2 Å². The van der Waals surface area contributed by atoms with E-state index in [2.05, 4.69) is 42.4 Å². The topological polar surface area (TPSA) is 84.2 Å². The first-order valence-corrected chi connectivity index (χ1v) is 12.0. The van der Waals surface area contributed by atoms with E-state index in [1.807, 2.05) is 19.2 Å². The van der Waals surface area contributed by atoms with Gasteiger partial charge in [0.25, 0.3) is 0 Å². The summed E-state index contributed by atoms with van der Waals surface area (Å²) in [5.74, 6) is 1.56. The monoisotopic (exact) mass is 438 g/mol. The summed E-state index contributed by atoms with van der Waals surface area (Å²) in [7, 11) is 0. The molecule has 0 bridgehead atoms. The number of aryl methyl sites for hydroxylation is 2. The van der Waals surface area contributed by atoms with Crippen molar-refractivity contribution in [2.75, 3.05) is 49.5 Å². The molecule has 5 heterocycles. The first-order valence-electron chi connectivity index (χ1n) is 11.2. The largest absolute Gasteiger partial charge is 0.352 e. The van der Waals surface area contributed by atoms with Crippen LogP contribution >= 0.6 is 11.5 Å². The van der Waals surface area contributed by atoms with Crippen molar-refractivity contribution in [2.24, 2.45) is 0 Å². The number of hydrogen-bond acceptors (Lipinski definition) is 9. The van der Waals surface area contributed by atoms with E-state index in [1.165, 1.54) is 37.3 Å².